The van der Waals surface area contributed by atoms with Gasteiger partial charge < -0.3 is 10.1 Å². The van der Waals surface area contributed by atoms with Crippen molar-refractivity contribution >= 4 is 37.2 Å². The zero-order chi connectivity index (χ0) is 22.7. The summed E-state index contributed by atoms with van der Waals surface area (Å²) in [4.78, 5) is 13.0. The predicted molar refractivity (Wildman–Crippen MR) is 129 cm³/mol. The SMILES string of the molecule is COc1ccc(S(=O)(=O)CCNC(=O)c2cc(-c3ccc(C)cc3)c3ccsc3c2)cc1. The highest BCUT2D eigenvalue weighted by Crippen LogP contribution is 2.33. The van der Waals surface area contributed by atoms with E-state index in [4.69, 9.17) is 4.74 Å². The number of aryl methyl sites for hydroxylation is 1. The molecule has 0 atom stereocenters. The molecule has 7 heteroatoms. The molecule has 1 aromatic heterocycles. The minimum absolute atomic E-state index is 0.0234. The molecular weight excluding hydrogens is 442 g/mol. The van der Waals surface area contributed by atoms with Crippen LogP contribution in [-0.4, -0.2) is 33.7 Å². The number of ether oxygens (including phenoxy) is 1. The van der Waals surface area contributed by atoms with Gasteiger partial charge in [-0.25, -0.2) is 8.42 Å². The Bertz CT molecular complexity index is 1360. The fraction of sp³-hybridized carbons (Fsp3) is 0.160. The van der Waals surface area contributed by atoms with Crippen molar-refractivity contribution < 1.29 is 17.9 Å². The van der Waals surface area contributed by atoms with Crippen LogP contribution in [0.15, 0.2) is 77.0 Å². The van der Waals surface area contributed by atoms with E-state index in [-0.39, 0.29) is 23.1 Å². The van der Waals surface area contributed by atoms with Crippen molar-refractivity contribution in [3.05, 3.63) is 83.2 Å². The Morgan fingerprint density at radius 3 is 2.41 bits per heavy atom. The first-order valence-electron chi connectivity index (χ1n) is 10.1. The van der Waals surface area contributed by atoms with Gasteiger partial charge in [0.15, 0.2) is 9.84 Å². The fourth-order valence-electron chi connectivity index (χ4n) is 3.48. The Morgan fingerprint density at radius 1 is 1.00 bits per heavy atom. The molecule has 0 fully saturated rings. The molecule has 0 aliphatic carbocycles. The molecule has 0 bridgehead atoms. The highest BCUT2D eigenvalue weighted by Gasteiger charge is 2.16. The number of carbonyl (C=O) groups excluding carboxylic acids is 1. The zero-order valence-electron chi connectivity index (χ0n) is 17.8. The summed E-state index contributed by atoms with van der Waals surface area (Å²) in [6, 6.07) is 20.2. The van der Waals surface area contributed by atoms with Gasteiger partial charge in [0.1, 0.15) is 5.75 Å². The lowest BCUT2D eigenvalue weighted by atomic mass is 9.98. The number of methoxy groups -OCH3 is 1. The number of hydrogen-bond donors (Lipinski definition) is 1. The van der Waals surface area contributed by atoms with Gasteiger partial charge in [-0.05, 0) is 65.9 Å². The smallest absolute Gasteiger partial charge is 0.251 e. The number of amides is 1. The van der Waals surface area contributed by atoms with Gasteiger partial charge in [0, 0.05) is 22.2 Å². The number of rotatable bonds is 7. The highest BCUT2D eigenvalue weighted by atomic mass is 32.2. The van der Waals surface area contributed by atoms with Gasteiger partial charge in [0.25, 0.3) is 5.91 Å². The number of fused-ring (bicyclic) bond motifs is 1. The van der Waals surface area contributed by atoms with Gasteiger partial charge >= 0.3 is 0 Å². The number of sulfone groups is 1. The Balaban J connectivity index is 1.51. The van der Waals surface area contributed by atoms with Crippen LogP contribution in [-0.2, 0) is 9.84 Å². The molecule has 5 nitrogen and oxygen atoms in total. The van der Waals surface area contributed by atoms with Crippen molar-refractivity contribution in [2.75, 3.05) is 19.4 Å². The maximum Gasteiger partial charge on any atom is 0.251 e. The van der Waals surface area contributed by atoms with Crippen molar-refractivity contribution in [2.24, 2.45) is 0 Å². The number of thiophene rings is 1. The monoisotopic (exact) mass is 465 g/mol. The molecule has 0 unspecified atom stereocenters. The molecule has 1 N–H and O–H groups in total. The highest BCUT2D eigenvalue weighted by molar-refractivity contribution is 7.91. The van der Waals surface area contributed by atoms with Gasteiger partial charge in [-0.3, -0.25) is 4.79 Å². The molecular formula is C25H23NO4S2. The van der Waals surface area contributed by atoms with E-state index in [1.165, 1.54) is 24.8 Å². The summed E-state index contributed by atoms with van der Waals surface area (Å²) in [5.41, 5.74) is 3.70. The fourth-order valence-corrected chi connectivity index (χ4v) is 5.48. The summed E-state index contributed by atoms with van der Waals surface area (Å²) in [5.74, 6) is 0.112. The van der Waals surface area contributed by atoms with Gasteiger partial charge in [-0.1, -0.05) is 29.8 Å². The third-order valence-electron chi connectivity index (χ3n) is 5.27. The van der Waals surface area contributed by atoms with Crippen LogP contribution in [0.25, 0.3) is 21.2 Å². The Morgan fingerprint density at radius 2 is 1.72 bits per heavy atom. The molecule has 4 rings (SSSR count). The molecule has 164 valence electrons. The maximum atomic E-state index is 12.8. The molecule has 0 spiro atoms. The summed E-state index contributed by atoms with van der Waals surface area (Å²) in [6.45, 7) is 2.06. The van der Waals surface area contributed by atoms with Gasteiger partial charge in [-0.2, -0.15) is 0 Å². The van der Waals surface area contributed by atoms with E-state index >= 15 is 0 Å². The first-order valence-corrected chi connectivity index (χ1v) is 12.6. The Kier molecular flexibility index (Phi) is 6.30. The van der Waals surface area contributed by atoms with Crippen LogP contribution in [0, 0.1) is 6.92 Å². The van der Waals surface area contributed by atoms with Crippen molar-refractivity contribution in [3.63, 3.8) is 0 Å². The predicted octanol–water partition coefficient (Wildman–Crippen LogP) is 5.09. The van der Waals surface area contributed by atoms with Crippen LogP contribution in [0.5, 0.6) is 5.75 Å². The average Bonchev–Trinajstić information content (AvgIpc) is 3.28. The second kappa shape index (κ2) is 9.14. The molecule has 0 radical (unpaired) electrons. The molecule has 0 saturated carbocycles. The minimum Gasteiger partial charge on any atom is -0.497 e. The summed E-state index contributed by atoms with van der Waals surface area (Å²) >= 11 is 1.57. The largest absolute Gasteiger partial charge is 0.497 e. The zero-order valence-corrected chi connectivity index (χ0v) is 19.4. The summed E-state index contributed by atoms with van der Waals surface area (Å²) in [5, 5.41) is 5.85. The van der Waals surface area contributed by atoms with E-state index < -0.39 is 9.84 Å². The molecule has 4 aromatic rings. The van der Waals surface area contributed by atoms with Crippen LogP contribution in [0.2, 0.25) is 0 Å². The topological polar surface area (TPSA) is 72.5 Å². The van der Waals surface area contributed by atoms with Crippen LogP contribution < -0.4 is 10.1 Å². The van der Waals surface area contributed by atoms with Crippen LogP contribution in [0.3, 0.4) is 0 Å². The van der Waals surface area contributed by atoms with E-state index in [0.29, 0.717) is 11.3 Å². The van der Waals surface area contributed by atoms with Crippen LogP contribution >= 0.6 is 11.3 Å². The van der Waals surface area contributed by atoms with Gasteiger partial charge in [-0.15, -0.1) is 11.3 Å². The van der Waals surface area contributed by atoms with Crippen LogP contribution in [0.1, 0.15) is 15.9 Å². The van der Waals surface area contributed by atoms with E-state index in [1.807, 2.05) is 48.7 Å². The summed E-state index contributed by atoms with van der Waals surface area (Å²) < 4.78 is 31.2. The average molecular weight is 466 g/mol. The lowest BCUT2D eigenvalue weighted by Gasteiger charge is -2.10. The van der Waals surface area contributed by atoms with Crippen molar-refractivity contribution in [2.45, 2.75) is 11.8 Å². The van der Waals surface area contributed by atoms with E-state index in [1.54, 1.807) is 23.5 Å². The molecule has 0 aliphatic rings. The molecule has 1 heterocycles. The number of hydrogen-bond acceptors (Lipinski definition) is 5. The van der Waals surface area contributed by atoms with Crippen molar-refractivity contribution in [1.29, 1.82) is 0 Å². The van der Waals surface area contributed by atoms with Crippen LogP contribution in [0.4, 0.5) is 0 Å². The first-order chi connectivity index (χ1) is 15.4. The third-order valence-corrected chi connectivity index (χ3v) is 7.87. The lowest BCUT2D eigenvalue weighted by Crippen LogP contribution is -2.29. The number of nitrogens with one attached hydrogen (secondary N) is 1. The second-order valence-electron chi connectivity index (χ2n) is 7.47. The van der Waals surface area contributed by atoms with Crippen molar-refractivity contribution in [1.82, 2.24) is 5.32 Å². The lowest BCUT2D eigenvalue weighted by molar-refractivity contribution is 0.0956. The second-order valence-corrected chi connectivity index (χ2v) is 10.5. The molecule has 0 saturated heterocycles. The number of carbonyl (C=O) groups is 1. The molecule has 3 aromatic carbocycles. The van der Waals surface area contributed by atoms with Gasteiger partial charge in [0.2, 0.25) is 0 Å². The first kappa shape index (κ1) is 22.0. The maximum absolute atomic E-state index is 12.8. The van der Waals surface area contributed by atoms with E-state index in [0.717, 1.165) is 21.2 Å². The van der Waals surface area contributed by atoms with E-state index in [9.17, 15) is 13.2 Å². The standard InChI is InChI=1S/C25H23NO4S2/c1-17-3-5-18(6-4-17)23-15-19(16-24-22(23)11-13-31-24)25(27)26-12-14-32(28,29)21-9-7-20(30-2)8-10-21/h3-11,13,15-16H,12,14H2,1-2H3,(H,26,27). The quantitative estimate of drug-likeness (QED) is 0.413. The molecule has 32 heavy (non-hydrogen) atoms. The van der Waals surface area contributed by atoms with E-state index in [2.05, 4.69) is 11.4 Å². The summed E-state index contributed by atoms with van der Waals surface area (Å²) in [6.07, 6.45) is 0. The summed E-state index contributed by atoms with van der Waals surface area (Å²) in [7, 11) is -1.99. The minimum atomic E-state index is -3.51. The Labute approximate surface area is 191 Å². The molecule has 0 aliphatic heterocycles. The third kappa shape index (κ3) is 4.69. The van der Waals surface area contributed by atoms with Gasteiger partial charge in [0.05, 0.1) is 17.8 Å². The normalized spacial score (nSPS) is 11.4. The molecule has 1 amide bonds. The Hall–Kier alpha value is -3.16. The number of benzene rings is 3. The van der Waals surface area contributed by atoms with Crippen molar-refractivity contribution in [3.8, 4) is 16.9 Å².